The zero-order chi connectivity index (χ0) is 26.3. The van der Waals surface area contributed by atoms with Gasteiger partial charge in [0.05, 0.1) is 18.1 Å². The molecule has 3 N–H and O–H groups in total. The van der Waals surface area contributed by atoms with Crippen molar-refractivity contribution >= 4 is 35.4 Å². The van der Waals surface area contributed by atoms with E-state index in [4.69, 9.17) is 27.9 Å². The second-order valence-corrected chi connectivity index (χ2v) is 9.26. The van der Waals surface area contributed by atoms with Crippen molar-refractivity contribution in [2.45, 2.75) is 64.3 Å². The zero-order valence-corrected chi connectivity index (χ0v) is 22.9. The van der Waals surface area contributed by atoms with Crippen LogP contribution in [0.5, 0.6) is 0 Å². The molecule has 1 aliphatic heterocycles. The van der Waals surface area contributed by atoms with Crippen molar-refractivity contribution in [3.8, 4) is 0 Å². The number of aldehydes is 1. The second kappa shape index (κ2) is 16.7. The number of carbonyl (C=O) groups excluding carboxylic acids is 2. The van der Waals surface area contributed by atoms with Crippen LogP contribution in [0.3, 0.4) is 0 Å². The highest BCUT2D eigenvalue weighted by Crippen LogP contribution is 2.40. The maximum Gasteiger partial charge on any atom is 0.226 e. The highest BCUT2D eigenvalue weighted by molar-refractivity contribution is 6.31. The summed E-state index contributed by atoms with van der Waals surface area (Å²) in [6, 6.07) is 15.6. The summed E-state index contributed by atoms with van der Waals surface area (Å²) in [5.41, 5.74) is 6.07. The topological polar surface area (TPSA) is 81.4 Å². The number of rotatable bonds is 4. The molecule has 2 aromatic rings. The lowest BCUT2D eigenvalue weighted by Crippen LogP contribution is -2.53. The Morgan fingerprint density at radius 3 is 2.14 bits per heavy atom. The molecule has 194 valence electrons. The van der Waals surface area contributed by atoms with E-state index in [0.29, 0.717) is 32.0 Å². The SMILES string of the molecule is CC.CN.Cc1ccc(C2CCC(C=O)(NC(=O)C3CCOC3)CC2)c(Cl)c1.Clc1ccccc1. The van der Waals surface area contributed by atoms with Crippen LogP contribution >= 0.6 is 23.2 Å². The number of hydrogen-bond acceptors (Lipinski definition) is 4. The summed E-state index contributed by atoms with van der Waals surface area (Å²) in [6.07, 6.45) is 4.68. The Labute approximate surface area is 220 Å². The molecule has 1 unspecified atom stereocenters. The third kappa shape index (κ3) is 9.92. The quantitative estimate of drug-likeness (QED) is 0.459. The first-order chi connectivity index (χ1) is 16.9. The highest BCUT2D eigenvalue weighted by Gasteiger charge is 2.39. The van der Waals surface area contributed by atoms with Crippen LogP contribution in [0.15, 0.2) is 48.5 Å². The van der Waals surface area contributed by atoms with Gasteiger partial charge in [-0.15, -0.1) is 0 Å². The number of amides is 1. The predicted molar refractivity (Wildman–Crippen MR) is 146 cm³/mol. The van der Waals surface area contributed by atoms with E-state index < -0.39 is 5.54 Å². The molecule has 0 spiro atoms. The van der Waals surface area contributed by atoms with Gasteiger partial charge >= 0.3 is 0 Å². The average Bonchev–Trinajstić information content (AvgIpc) is 3.44. The molecule has 2 fully saturated rings. The maximum absolute atomic E-state index is 12.3. The molecule has 2 aromatic carbocycles. The van der Waals surface area contributed by atoms with Crippen LogP contribution in [0, 0.1) is 12.8 Å². The van der Waals surface area contributed by atoms with Crippen LogP contribution in [-0.2, 0) is 14.3 Å². The Morgan fingerprint density at radius 2 is 1.69 bits per heavy atom. The highest BCUT2D eigenvalue weighted by atomic mass is 35.5. The standard InChI is InChI=1S/C19H24ClNO3.C6H5Cl.C2H6.CH5N/c1-13-2-3-16(17(20)10-13)14-4-7-19(12-22,8-5-14)21-18(23)15-6-9-24-11-15;7-6-4-2-1-3-5-6;2*1-2/h2-3,10,12,14-15H,4-9,11H2,1H3,(H,21,23);1-5H;1-2H3;2H2,1H3. The molecule has 1 atom stereocenters. The van der Waals surface area contributed by atoms with Gasteiger partial charge in [0.25, 0.3) is 0 Å². The van der Waals surface area contributed by atoms with Crippen molar-refractivity contribution in [1.29, 1.82) is 0 Å². The van der Waals surface area contributed by atoms with Crippen LogP contribution in [-0.4, -0.2) is 38.0 Å². The van der Waals surface area contributed by atoms with E-state index in [9.17, 15) is 9.59 Å². The Hall–Kier alpha value is -1.92. The fraction of sp³-hybridized carbons (Fsp3) is 0.500. The normalized spacial score (nSPS) is 22.7. The fourth-order valence-electron chi connectivity index (χ4n) is 4.18. The summed E-state index contributed by atoms with van der Waals surface area (Å²) < 4.78 is 5.27. The zero-order valence-electron chi connectivity index (χ0n) is 21.4. The van der Waals surface area contributed by atoms with E-state index >= 15 is 0 Å². The monoisotopic (exact) mass is 522 g/mol. The molecule has 4 rings (SSSR count). The summed E-state index contributed by atoms with van der Waals surface area (Å²) in [5, 5.41) is 4.59. The Kier molecular flexibility index (Phi) is 14.8. The van der Waals surface area contributed by atoms with Crippen molar-refractivity contribution in [3.05, 3.63) is 69.7 Å². The van der Waals surface area contributed by atoms with Crippen LogP contribution < -0.4 is 11.1 Å². The van der Waals surface area contributed by atoms with Gasteiger partial charge in [-0.3, -0.25) is 4.79 Å². The van der Waals surface area contributed by atoms with Gasteiger partial charge in [-0.1, -0.05) is 67.4 Å². The minimum atomic E-state index is -0.729. The molecule has 5 nitrogen and oxygen atoms in total. The number of halogens is 2. The molecule has 1 aliphatic carbocycles. The van der Waals surface area contributed by atoms with E-state index in [-0.39, 0.29) is 11.8 Å². The molecule has 7 heteroatoms. The number of benzene rings is 2. The van der Waals surface area contributed by atoms with Crippen molar-refractivity contribution < 1.29 is 14.3 Å². The van der Waals surface area contributed by atoms with Crippen LogP contribution in [0.1, 0.15) is 63.0 Å². The van der Waals surface area contributed by atoms with Gasteiger partial charge in [0, 0.05) is 16.7 Å². The van der Waals surface area contributed by atoms with Crippen LogP contribution in [0.25, 0.3) is 0 Å². The molecule has 0 bridgehead atoms. The molecule has 35 heavy (non-hydrogen) atoms. The molecule has 2 aliphatic rings. The van der Waals surface area contributed by atoms with Gasteiger partial charge in [0.2, 0.25) is 5.91 Å². The summed E-state index contributed by atoms with van der Waals surface area (Å²) in [5.74, 6) is 0.176. The van der Waals surface area contributed by atoms with Crippen molar-refractivity contribution in [2.24, 2.45) is 11.7 Å². The minimum Gasteiger partial charge on any atom is -0.381 e. The third-order valence-electron chi connectivity index (χ3n) is 6.10. The molecule has 0 radical (unpaired) electrons. The van der Waals surface area contributed by atoms with Crippen LogP contribution in [0.4, 0.5) is 0 Å². The first-order valence-corrected chi connectivity index (χ1v) is 13.1. The molecular formula is C28H40Cl2N2O3. The molecule has 1 saturated carbocycles. The number of ether oxygens (including phenoxy) is 1. The fourth-order valence-corrected chi connectivity index (χ4v) is 4.72. The van der Waals surface area contributed by atoms with Crippen molar-refractivity contribution in [2.75, 3.05) is 20.3 Å². The third-order valence-corrected chi connectivity index (χ3v) is 6.68. The second-order valence-electron chi connectivity index (χ2n) is 8.42. The van der Waals surface area contributed by atoms with E-state index in [0.717, 1.165) is 46.7 Å². The van der Waals surface area contributed by atoms with Gasteiger partial charge in [0.15, 0.2) is 0 Å². The van der Waals surface area contributed by atoms with E-state index in [2.05, 4.69) is 23.2 Å². The van der Waals surface area contributed by atoms with Gasteiger partial charge in [-0.25, -0.2) is 0 Å². The minimum absolute atomic E-state index is 0.0496. The Balaban J connectivity index is 0.000000468. The van der Waals surface area contributed by atoms with Gasteiger partial charge in [0.1, 0.15) is 6.29 Å². The molecule has 1 amide bonds. The average molecular weight is 524 g/mol. The molecule has 1 heterocycles. The lowest BCUT2D eigenvalue weighted by atomic mass is 9.74. The molecule has 1 saturated heterocycles. The molecular weight excluding hydrogens is 483 g/mol. The van der Waals surface area contributed by atoms with Crippen molar-refractivity contribution in [3.63, 3.8) is 0 Å². The maximum atomic E-state index is 12.3. The predicted octanol–water partition coefficient (Wildman–Crippen LogP) is 6.34. The van der Waals surface area contributed by atoms with Crippen molar-refractivity contribution in [1.82, 2.24) is 5.32 Å². The summed E-state index contributed by atoms with van der Waals surface area (Å²) >= 11 is 11.9. The molecule has 0 aromatic heterocycles. The van der Waals surface area contributed by atoms with E-state index in [1.807, 2.05) is 57.2 Å². The summed E-state index contributed by atoms with van der Waals surface area (Å²) in [7, 11) is 1.50. The van der Waals surface area contributed by atoms with E-state index in [1.165, 1.54) is 7.05 Å². The Morgan fingerprint density at radius 1 is 1.06 bits per heavy atom. The Bertz CT molecular complexity index is 879. The first-order valence-electron chi connectivity index (χ1n) is 12.3. The first kappa shape index (κ1) is 31.1. The lowest BCUT2D eigenvalue weighted by molar-refractivity contribution is -0.130. The summed E-state index contributed by atoms with van der Waals surface area (Å²) in [6.45, 7) is 7.11. The number of nitrogens with one attached hydrogen (secondary N) is 1. The largest absolute Gasteiger partial charge is 0.381 e. The van der Waals surface area contributed by atoms with E-state index in [1.54, 1.807) is 0 Å². The number of nitrogens with two attached hydrogens (primary N) is 1. The number of aryl methyl sites for hydroxylation is 1. The van der Waals surface area contributed by atoms with Crippen LogP contribution in [0.2, 0.25) is 10.0 Å². The smallest absolute Gasteiger partial charge is 0.226 e. The van der Waals surface area contributed by atoms with Gasteiger partial charge < -0.3 is 20.6 Å². The lowest BCUT2D eigenvalue weighted by Gasteiger charge is -2.37. The number of hydrogen-bond donors (Lipinski definition) is 2. The summed E-state index contributed by atoms with van der Waals surface area (Å²) in [4.78, 5) is 24.1. The number of carbonyl (C=O) groups is 2. The van der Waals surface area contributed by atoms with Gasteiger partial charge in [-0.05, 0) is 81.3 Å². The van der Waals surface area contributed by atoms with Gasteiger partial charge in [-0.2, -0.15) is 0 Å².